The monoisotopic (exact) mass is 321 g/mol. The molecule has 0 spiro atoms. The van der Waals surface area contributed by atoms with Gasteiger partial charge in [0.2, 0.25) is 0 Å². The van der Waals surface area contributed by atoms with Crippen LogP contribution in [0.15, 0.2) is 60.7 Å². The molecule has 2 atom stereocenters. The topological polar surface area (TPSA) is 12.0 Å². The van der Waals surface area contributed by atoms with E-state index in [1.54, 1.807) is 0 Å². The van der Waals surface area contributed by atoms with Gasteiger partial charge in [0, 0.05) is 12.1 Å². The standard InChI is InChI=1S/C23H31N/c1-3-10-20(11-4-1)14-7-16-22-18-9-19-23(24-22)17-8-15-21-12-5-2-6-13-21/h1-6,10-13,22-24H,7-9,14-19H2/t22-,23+. The molecule has 128 valence electrons. The molecule has 0 aliphatic carbocycles. The molecule has 1 aliphatic rings. The molecule has 0 aromatic heterocycles. The van der Waals surface area contributed by atoms with Crippen molar-refractivity contribution in [3.8, 4) is 0 Å². The molecule has 1 fully saturated rings. The molecule has 1 heteroatoms. The second-order valence-electron chi connectivity index (χ2n) is 7.25. The Morgan fingerprint density at radius 2 is 1.12 bits per heavy atom. The van der Waals surface area contributed by atoms with Gasteiger partial charge in [-0.25, -0.2) is 0 Å². The molecule has 24 heavy (non-hydrogen) atoms. The summed E-state index contributed by atoms with van der Waals surface area (Å²) in [6, 6.07) is 23.3. The molecule has 2 aromatic rings. The average Bonchev–Trinajstić information content (AvgIpc) is 2.64. The van der Waals surface area contributed by atoms with Crippen LogP contribution in [-0.4, -0.2) is 12.1 Å². The van der Waals surface area contributed by atoms with Crippen molar-refractivity contribution >= 4 is 0 Å². The molecule has 0 unspecified atom stereocenters. The first kappa shape index (κ1) is 17.2. The maximum absolute atomic E-state index is 3.93. The zero-order chi connectivity index (χ0) is 16.5. The van der Waals surface area contributed by atoms with Gasteiger partial charge in [0.05, 0.1) is 0 Å². The molecule has 0 bridgehead atoms. The molecular weight excluding hydrogens is 290 g/mol. The molecule has 0 radical (unpaired) electrons. The second kappa shape index (κ2) is 9.64. The van der Waals surface area contributed by atoms with E-state index in [0.29, 0.717) is 0 Å². The van der Waals surface area contributed by atoms with Crippen molar-refractivity contribution in [2.75, 3.05) is 0 Å². The van der Waals surface area contributed by atoms with E-state index in [2.05, 4.69) is 66.0 Å². The maximum Gasteiger partial charge on any atom is 0.00697 e. The summed E-state index contributed by atoms with van der Waals surface area (Å²) in [4.78, 5) is 0. The van der Waals surface area contributed by atoms with E-state index in [0.717, 1.165) is 12.1 Å². The van der Waals surface area contributed by atoms with Gasteiger partial charge in [-0.2, -0.15) is 0 Å². The van der Waals surface area contributed by atoms with Crippen LogP contribution >= 0.6 is 0 Å². The molecule has 3 rings (SSSR count). The number of nitrogens with one attached hydrogen (secondary N) is 1. The summed E-state index contributed by atoms with van der Waals surface area (Å²) in [5, 5.41) is 3.93. The lowest BCUT2D eigenvalue weighted by Gasteiger charge is -2.31. The van der Waals surface area contributed by atoms with Crippen LogP contribution in [-0.2, 0) is 12.8 Å². The third kappa shape index (κ3) is 5.79. The number of benzene rings is 2. The van der Waals surface area contributed by atoms with E-state index in [4.69, 9.17) is 0 Å². The molecule has 1 heterocycles. The van der Waals surface area contributed by atoms with E-state index < -0.39 is 0 Å². The summed E-state index contributed by atoms with van der Waals surface area (Å²) >= 11 is 0. The summed E-state index contributed by atoms with van der Waals surface area (Å²) in [7, 11) is 0. The van der Waals surface area contributed by atoms with Crippen molar-refractivity contribution in [2.45, 2.75) is 69.9 Å². The van der Waals surface area contributed by atoms with Gasteiger partial charge >= 0.3 is 0 Å². The summed E-state index contributed by atoms with van der Waals surface area (Å²) in [6.07, 6.45) is 11.8. The molecule has 1 nitrogen and oxygen atoms in total. The quantitative estimate of drug-likeness (QED) is 0.673. The van der Waals surface area contributed by atoms with Crippen LogP contribution in [0.5, 0.6) is 0 Å². The summed E-state index contributed by atoms with van der Waals surface area (Å²) in [5.41, 5.74) is 2.96. The Hall–Kier alpha value is -1.60. The lowest BCUT2D eigenvalue weighted by atomic mass is 9.91. The fourth-order valence-electron chi connectivity index (χ4n) is 3.96. The van der Waals surface area contributed by atoms with E-state index in [9.17, 15) is 0 Å². The van der Waals surface area contributed by atoms with Gasteiger partial charge in [0.15, 0.2) is 0 Å². The first-order chi connectivity index (χ1) is 11.9. The molecule has 1 N–H and O–H groups in total. The van der Waals surface area contributed by atoms with Crippen molar-refractivity contribution in [1.29, 1.82) is 0 Å². The number of rotatable bonds is 8. The van der Waals surface area contributed by atoms with E-state index in [1.807, 2.05) is 0 Å². The van der Waals surface area contributed by atoms with Gasteiger partial charge in [-0.1, -0.05) is 67.1 Å². The predicted octanol–water partition coefficient (Wildman–Crippen LogP) is 5.54. The van der Waals surface area contributed by atoms with Crippen LogP contribution in [0.1, 0.15) is 56.1 Å². The van der Waals surface area contributed by atoms with Crippen molar-refractivity contribution in [1.82, 2.24) is 5.32 Å². The highest BCUT2D eigenvalue weighted by atomic mass is 15.0. The minimum absolute atomic E-state index is 0.740. The Kier molecular flexibility index (Phi) is 6.92. The van der Waals surface area contributed by atoms with Crippen LogP contribution in [0.3, 0.4) is 0 Å². The summed E-state index contributed by atoms with van der Waals surface area (Å²) in [6.45, 7) is 0. The van der Waals surface area contributed by atoms with Gasteiger partial charge < -0.3 is 5.32 Å². The average molecular weight is 322 g/mol. The third-order valence-electron chi connectivity index (χ3n) is 5.30. The molecular formula is C23H31N. The molecule has 0 saturated carbocycles. The van der Waals surface area contributed by atoms with E-state index in [-0.39, 0.29) is 0 Å². The minimum Gasteiger partial charge on any atom is -0.311 e. The molecule has 1 aliphatic heterocycles. The maximum atomic E-state index is 3.93. The van der Waals surface area contributed by atoms with Gasteiger partial charge in [0.25, 0.3) is 0 Å². The zero-order valence-corrected chi connectivity index (χ0v) is 14.8. The Balaban J connectivity index is 1.33. The van der Waals surface area contributed by atoms with E-state index >= 15 is 0 Å². The molecule has 0 amide bonds. The summed E-state index contributed by atoms with van der Waals surface area (Å²) in [5.74, 6) is 0. The van der Waals surface area contributed by atoms with Gasteiger partial charge in [-0.15, -0.1) is 0 Å². The highest BCUT2D eigenvalue weighted by Crippen LogP contribution is 2.20. The lowest BCUT2D eigenvalue weighted by Crippen LogP contribution is -2.42. The molecule has 2 aromatic carbocycles. The van der Waals surface area contributed by atoms with E-state index in [1.165, 1.54) is 68.9 Å². The SMILES string of the molecule is c1ccc(CCC[C@@H]2CCC[C@H](CCCc3ccccc3)N2)cc1. The van der Waals surface area contributed by atoms with Crippen LogP contribution in [0.2, 0.25) is 0 Å². The Bertz CT molecular complexity index is 512. The van der Waals surface area contributed by atoms with Crippen LogP contribution in [0.4, 0.5) is 0 Å². The van der Waals surface area contributed by atoms with Crippen molar-refractivity contribution in [3.05, 3.63) is 71.8 Å². The Morgan fingerprint density at radius 1 is 0.667 bits per heavy atom. The fourth-order valence-corrected chi connectivity index (χ4v) is 3.96. The van der Waals surface area contributed by atoms with Crippen molar-refractivity contribution in [2.24, 2.45) is 0 Å². The number of aryl methyl sites for hydroxylation is 2. The largest absolute Gasteiger partial charge is 0.311 e. The second-order valence-corrected chi connectivity index (χ2v) is 7.25. The summed E-state index contributed by atoms with van der Waals surface area (Å²) < 4.78 is 0. The number of piperidine rings is 1. The van der Waals surface area contributed by atoms with Crippen molar-refractivity contribution < 1.29 is 0 Å². The number of hydrogen-bond donors (Lipinski definition) is 1. The smallest absolute Gasteiger partial charge is 0.00697 e. The van der Waals surface area contributed by atoms with Crippen LogP contribution in [0, 0.1) is 0 Å². The highest BCUT2D eigenvalue weighted by Gasteiger charge is 2.20. The normalized spacial score (nSPS) is 20.8. The first-order valence-corrected chi connectivity index (χ1v) is 9.74. The van der Waals surface area contributed by atoms with Crippen LogP contribution < -0.4 is 5.32 Å². The zero-order valence-electron chi connectivity index (χ0n) is 14.8. The third-order valence-corrected chi connectivity index (χ3v) is 5.30. The van der Waals surface area contributed by atoms with Crippen LogP contribution in [0.25, 0.3) is 0 Å². The van der Waals surface area contributed by atoms with Gasteiger partial charge in [-0.05, 0) is 62.5 Å². The molecule has 1 saturated heterocycles. The first-order valence-electron chi connectivity index (χ1n) is 9.74. The fraction of sp³-hybridized carbons (Fsp3) is 0.478. The van der Waals surface area contributed by atoms with Gasteiger partial charge in [-0.3, -0.25) is 0 Å². The number of hydrogen-bond acceptors (Lipinski definition) is 1. The Morgan fingerprint density at radius 3 is 1.58 bits per heavy atom. The minimum atomic E-state index is 0.740. The predicted molar refractivity (Wildman–Crippen MR) is 103 cm³/mol. The Labute approximate surface area is 147 Å². The van der Waals surface area contributed by atoms with Crippen molar-refractivity contribution in [3.63, 3.8) is 0 Å². The lowest BCUT2D eigenvalue weighted by molar-refractivity contribution is 0.290. The van der Waals surface area contributed by atoms with Gasteiger partial charge in [0.1, 0.15) is 0 Å². The highest BCUT2D eigenvalue weighted by molar-refractivity contribution is 5.15.